The lowest BCUT2D eigenvalue weighted by Crippen LogP contribution is -2.13. The van der Waals surface area contributed by atoms with Crippen LogP contribution in [0.4, 0.5) is 0 Å². The summed E-state index contributed by atoms with van der Waals surface area (Å²) in [5.74, 6) is 1.34. The van der Waals surface area contributed by atoms with Crippen LogP contribution in [0, 0.1) is 5.92 Å². The first-order chi connectivity index (χ1) is 7.74. The normalized spacial score (nSPS) is 15.8. The monoisotopic (exact) mass is 236 g/mol. The Hall–Kier alpha value is -0.960. The summed E-state index contributed by atoms with van der Waals surface area (Å²) in [6.07, 6.45) is 4.27. The standard InChI is InChI=1S/C13H16O2S/c14-13(15)8-10-4-6-12(7-5-10)16-9-11-2-1-3-11/h4-7,11H,1-3,8-9H2,(H,14,15). The average Bonchev–Trinajstić information content (AvgIpc) is 2.17. The van der Waals surface area contributed by atoms with E-state index in [1.165, 1.54) is 29.9 Å². The molecule has 1 aromatic rings. The molecule has 3 heteroatoms. The molecule has 0 atom stereocenters. The van der Waals surface area contributed by atoms with Gasteiger partial charge in [-0.05, 0) is 36.5 Å². The highest BCUT2D eigenvalue weighted by molar-refractivity contribution is 7.99. The summed E-state index contributed by atoms with van der Waals surface area (Å²) in [7, 11) is 0. The lowest BCUT2D eigenvalue weighted by Gasteiger charge is -2.24. The number of thioether (sulfide) groups is 1. The van der Waals surface area contributed by atoms with E-state index in [-0.39, 0.29) is 6.42 Å². The van der Waals surface area contributed by atoms with Crippen LogP contribution < -0.4 is 0 Å². The minimum absolute atomic E-state index is 0.119. The van der Waals surface area contributed by atoms with Crippen molar-refractivity contribution in [2.75, 3.05) is 5.75 Å². The highest BCUT2D eigenvalue weighted by Crippen LogP contribution is 2.32. The first-order valence-electron chi connectivity index (χ1n) is 5.67. The van der Waals surface area contributed by atoms with E-state index in [1.54, 1.807) is 0 Å². The van der Waals surface area contributed by atoms with Crippen LogP contribution in [-0.4, -0.2) is 16.8 Å². The van der Waals surface area contributed by atoms with Crippen molar-refractivity contribution in [1.29, 1.82) is 0 Å². The Labute approximate surface area is 100 Å². The van der Waals surface area contributed by atoms with Crippen LogP contribution in [0.2, 0.25) is 0 Å². The lowest BCUT2D eigenvalue weighted by molar-refractivity contribution is -0.136. The SMILES string of the molecule is O=C(O)Cc1ccc(SCC2CCC2)cc1. The Balaban J connectivity index is 1.83. The van der Waals surface area contributed by atoms with Crippen LogP contribution in [0.3, 0.4) is 0 Å². The Kier molecular flexibility index (Phi) is 3.88. The van der Waals surface area contributed by atoms with Gasteiger partial charge in [0.25, 0.3) is 0 Å². The number of hydrogen-bond donors (Lipinski definition) is 1. The predicted molar refractivity (Wildman–Crippen MR) is 65.8 cm³/mol. The summed E-state index contributed by atoms with van der Waals surface area (Å²) >= 11 is 1.88. The number of benzene rings is 1. The highest BCUT2D eigenvalue weighted by Gasteiger charge is 2.17. The molecular weight excluding hydrogens is 220 g/mol. The van der Waals surface area contributed by atoms with Crippen LogP contribution >= 0.6 is 11.8 Å². The van der Waals surface area contributed by atoms with Crippen molar-refractivity contribution < 1.29 is 9.90 Å². The van der Waals surface area contributed by atoms with Crippen molar-refractivity contribution in [3.63, 3.8) is 0 Å². The van der Waals surface area contributed by atoms with E-state index in [0.29, 0.717) is 0 Å². The maximum atomic E-state index is 10.5. The van der Waals surface area contributed by atoms with Gasteiger partial charge in [-0.2, -0.15) is 0 Å². The maximum absolute atomic E-state index is 10.5. The molecule has 16 heavy (non-hydrogen) atoms. The first-order valence-corrected chi connectivity index (χ1v) is 6.66. The molecule has 0 radical (unpaired) electrons. The molecule has 0 aliphatic heterocycles. The molecule has 1 N–H and O–H groups in total. The zero-order chi connectivity index (χ0) is 11.4. The van der Waals surface area contributed by atoms with Crippen molar-refractivity contribution in [3.05, 3.63) is 29.8 Å². The van der Waals surface area contributed by atoms with Crippen molar-refractivity contribution in [1.82, 2.24) is 0 Å². The Bertz CT molecular complexity index is 355. The number of carboxylic acid groups (broad SMARTS) is 1. The molecule has 2 rings (SSSR count). The number of hydrogen-bond acceptors (Lipinski definition) is 2. The molecule has 2 nitrogen and oxygen atoms in total. The van der Waals surface area contributed by atoms with Crippen LogP contribution in [0.15, 0.2) is 29.2 Å². The van der Waals surface area contributed by atoms with Gasteiger partial charge in [-0.3, -0.25) is 4.79 Å². The summed E-state index contributed by atoms with van der Waals surface area (Å²) in [6, 6.07) is 7.89. The number of carbonyl (C=O) groups is 1. The number of aliphatic carboxylic acids is 1. The molecule has 1 aliphatic carbocycles. The van der Waals surface area contributed by atoms with Gasteiger partial charge in [-0.1, -0.05) is 18.6 Å². The van der Waals surface area contributed by atoms with E-state index in [9.17, 15) is 4.79 Å². The number of carboxylic acids is 1. The molecule has 0 saturated heterocycles. The van der Waals surface area contributed by atoms with Gasteiger partial charge < -0.3 is 5.11 Å². The summed E-state index contributed by atoms with van der Waals surface area (Å²) in [4.78, 5) is 11.8. The molecule has 86 valence electrons. The molecular formula is C13H16O2S. The fourth-order valence-electron chi connectivity index (χ4n) is 1.75. The van der Waals surface area contributed by atoms with Crippen molar-refractivity contribution in [3.8, 4) is 0 Å². The third-order valence-electron chi connectivity index (χ3n) is 2.99. The lowest BCUT2D eigenvalue weighted by atomic mass is 9.87. The van der Waals surface area contributed by atoms with Gasteiger partial charge in [0.05, 0.1) is 6.42 Å². The fraction of sp³-hybridized carbons (Fsp3) is 0.462. The van der Waals surface area contributed by atoms with Crippen LogP contribution in [-0.2, 0) is 11.2 Å². The third-order valence-corrected chi connectivity index (χ3v) is 4.23. The van der Waals surface area contributed by atoms with Crippen LogP contribution in [0.25, 0.3) is 0 Å². The molecule has 0 spiro atoms. The Morgan fingerprint density at radius 1 is 1.31 bits per heavy atom. The zero-order valence-electron chi connectivity index (χ0n) is 9.19. The van der Waals surface area contributed by atoms with Crippen molar-refractivity contribution in [2.45, 2.75) is 30.6 Å². The van der Waals surface area contributed by atoms with Gasteiger partial charge in [0, 0.05) is 10.6 Å². The van der Waals surface area contributed by atoms with Crippen LogP contribution in [0.5, 0.6) is 0 Å². The minimum Gasteiger partial charge on any atom is -0.481 e. The van der Waals surface area contributed by atoms with E-state index in [2.05, 4.69) is 0 Å². The zero-order valence-corrected chi connectivity index (χ0v) is 10.0. The smallest absolute Gasteiger partial charge is 0.307 e. The summed E-state index contributed by atoms with van der Waals surface area (Å²) in [6.45, 7) is 0. The Morgan fingerprint density at radius 3 is 2.50 bits per heavy atom. The second-order valence-corrected chi connectivity index (χ2v) is 5.42. The molecule has 1 fully saturated rings. The second-order valence-electron chi connectivity index (χ2n) is 4.32. The molecule has 0 unspecified atom stereocenters. The Morgan fingerprint density at radius 2 is 2.00 bits per heavy atom. The quantitative estimate of drug-likeness (QED) is 0.798. The molecule has 0 bridgehead atoms. The van der Waals surface area contributed by atoms with E-state index in [0.717, 1.165) is 11.5 Å². The third kappa shape index (κ3) is 3.27. The number of rotatable bonds is 5. The predicted octanol–water partition coefficient (Wildman–Crippen LogP) is 3.21. The molecule has 0 aromatic heterocycles. The summed E-state index contributed by atoms with van der Waals surface area (Å²) in [5.41, 5.74) is 0.875. The molecule has 1 aromatic carbocycles. The first kappa shape index (κ1) is 11.5. The summed E-state index contributed by atoms with van der Waals surface area (Å²) < 4.78 is 0. The van der Waals surface area contributed by atoms with Gasteiger partial charge in [-0.15, -0.1) is 11.8 Å². The molecule has 1 aliphatic rings. The molecule has 0 heterocycles. The summed E-state index contributed by atoms with van der Waals surface area (Å²) in [5, 5.41) is 8.65. The molecule has 1 saturated carbocycles. The van der Waals surface area contributed by atoms with Crippen molar-refractivity contribution in [2.24, 2.45) is 5.92 Å². The minimum atomic E-state index is -0.769. The van der Waals surface area contributed by atoms with Crippen LogP contribution in [0.1, 0.15) is 24.8 Å². The van der Waals surface area contributed by atoms with E-state index in [1.807, 2.05) is 36.0 Å². The van der Waals surface area contributed by atoms with Gasteiger partial charge >= 0.3 is 5.97 Å². The maximum Gasteiger partial charge on any atom is 0.307 e. The molecule has 0 amide bonds. The van der Waals surface area contributed by atoms with E-state index in [4.69, 9.17) is 5.11 Å². The topological polar surface area (TPSA) is 37.3 Å². The van der Waals surface area contributed by atoms with Crippen molar-refractivity contribution >= 4 is 17.7 Å². The second kappa shape index (κ2) is 5.39. The average molecular weight is 236 g/mol. The fourth-order valence-corrected chi connectivity index (χ4v) is 2.84. The van der Waals surface area contributed by atoms with Gasteiger partial charge in [0.1, 0.15) is 0 Å². The largest absolute Gasteiger partial charge is 0.481 e. The van der Waals surface area contributed by atoms with E-state index < -0.39 is 5.97 Å². The van der Waals surface area contributed by atoms with Gasteiger partial charge in [0.2, 0.25) is 0 Å². The van der Waals surface area contributed by atoms with Gasteiger partial charge in [0.15, 0.2) is 0 Å². The van der Waals surface area contributed by atoms with E-state index >= 15 is 0 Å². The van der Waals surface area contributed by atoms with Gasteiger partial charge in [-0.25, -0.2) is 0 Å². The highest BCUT2D eigenvalue weighted by atomic mass is 32.2.